The molecule has 11 heteroatoms. The predicted octanol–water partition coefficient (Wildman–Crippen LogP) is 2.61. The molecule has 6 rings (SSSR count). The number of anilines is 2. The normalized spacial score (nSPS) is 25.1. The van der Waals surface area contributed by atoms with Crippen LogP contribution < -0.4 is 26.0 Å². The van der Waals surface area contributed by atoms with Gasteiger partial charge in [0, 0.05) is 49.2 Å². The number of alkyl halides is 2. The van der Waals surface area contributed by atoms with Crippen LogP contribution in [0.1, 0.15) is 20.9 Å². The Morgan fingerprint density at radius 2 is 2.00 bits per heavy atom. The summed E-state index contributed by atoms with van der Waals surface area (Å²) in [6, 6.07) is 7.30. The molecule has 3 aliphatic heterocycles. The first-order valence-corrected chi connectivity index (χ1v) is 12.5. The van der Waals surface area contributed by atoms with Gasteiger partial charge in [-0.25, -0.2) is 13.8 Å². The summed E-state index contributed by atoms with van der Waals surface area (Å²) in [5.41, 5.74) is 8.40. The molecule has 0 saturated carbocycles. The van der Waals surface area contributed by atoms with Crippen molar-refractivity contribution >= 4 is 39.0 Å². The summed E-state index contributed by atoms with van der Waals surface area (Å²) < 4.78 is 34.9. The van der Waals surface area contributed by atoms with Crippen LogP contribution in [-0.2, 0) is 6.42 Å². The summed E-state index contributed by atoms with van der Waals surface area (Å²) in [6.07, 6.45) is 0.559. The van der Waals surface area contributed by atoms with Crippen LogP contribution >= 0.6 is 11.3 Å². The van der Waals surface area contributed by atoms with Gasteiger partial charge in [-0.05, 0) is 31.2 Å². The minimum Gasteiger partial charge on any atom is -0.475 e. The monoisotopic (exact) mass is 500 g/mol. The number of nitrogens with one attached hydrogen (secondary N) is 2. The molecule has 3 atom stereocenters. The van der Waals surface area contributed by atoms with Gasteiger partial charge in [0.1, 0.15) is 22.1 Å². The van der Waals surface area contributed by atoms with E-state index in [1.807, 2.05) is 36.1 Å². The average Bonchev–Trinajstić information content (AvgIpc) is 3.13. The van der Waals surface area contributed by atoms with Gasteiger partial charge in [-0.3, -0.25) is 4.79 Å². The highest BCUT2D eigenvalue weighted by Gasteiger charge is 2.53. The Kier molecular flexibility index (Phi) is 5.29. The molecule has 35 heavy (non-hydrogen) atoms. The lowest BCUT2D eigenvalue weighted by molar-refractivity contribution is -0.130. The van der Waals surface area contributed by atoms with Crippen LogP contribution in [0.2, 0.25) is 0 Å². The SMILES string of the molecule is Cc1ccc2c(N)c(C(=O)N[C@H]3COc4nc(N5CC6CNCC(C5)C6(F)F)ccc4C3)sc2n1. The number of fused-ring (bicyclic) bond motifs is 4. The minimum absolute atomic E-state index is 0.235. The quantitative estimate of drug-likeness (QED) is 0.508. The maximum absolute atomic E-state index is 14.5. The molecule has 2 unspecified atom stereocenters. The van der Waals surface area contributed by atoms with Crippen molar-refractivity contribution in [3.05, 3.63) is 40.4 Å². The Labute approximate surface area is 204 Å². The van der Waals surface area contributed by atoms with Crippen LogP contribution in [0, 0.1) is 18.8 Å². The number of carbonyl (C=O) groups excluding carboxylic acids is 1. The summed E-state index contributed by atoms with van der Waals surface area (Å²) in [4.78, 5) is 25.2. The second kappa shape index (κ2) is 8.27. The van der Waals surface area contributed by atoms with Gasteiger partial charge >= 0.3 is 0 Å². The first-order valence-electron chi connectivity index (χ1n) is 11.7. The second-order valence-corrected chi connectivity index (χ2v) is 10.6. The molecule has 2 saturated heterocycles. The van der Waals surface area contributed by atoms with E-state index in [0.717, 1.165) is 21.5 Å². The number of nitrogen functional groups attached to an aromatic ring is 1. The number of hydrogen-bond acceptors (Lipinski definition) is 8. The number of ether oxygens (including phenoxy) is 1. The fraction of sp³-hybridized carbons (Fsp3) is 0.458. The number of rotatable bonds is 3. The minimum atomic E-state index is -2.65. The van der Waals surface area contributed by atoms with Gasteiger partial charge in [0.15, 0.2) is 0 Å². The number of amides is 1. The second-order valence-electron chi connectivity index (χ2n) is 9.60. The highest BCUT2D eigenvalue weighted by molar-refractivity contribution is 7.21. The van der Waals surface area contributed by atoms with Crippen molar-refractivity contribution in [2.45, 2.75) is 25.3 Å². The van der Waals surface area contributed by atoms with Gasteiger partial charge in [0.25, 0.3) is 11.8 Å². The van der Waals surface area contributed by atoms with E-state index in [2.05, 4.69) is 20.6 Å². The number of hydrogen-bond donors (Lipinski definition) is 3. The fourth-order valence-electron chi connectivity index (χ4n) is 5.23. The zero-order valence-corrected chi connectivity index (χ0v) is 20.0. The molecule has 3 aromatic rings. The summed E-state index contributed by atoms with van der Waals surface area (Å²) in [6.45, 7) is 3.29. The van der Waals surface area contributed by atoms with Crippen molar-refractivity contribution < 1.29 is 18.3 Å². The molecule has 184 valence electrons. The molecule has 0 aliphatic carbocycles. The lowest BCUT2D eigenvalue weighted by Crippen LogP contribution is -2.63. The number of aromatic nitrogens is 2. The average molecular weight is 501 g/mol. The third kappa shape index (κ3) is 3.86. The van der Waals surface area contributed by atoms with Crippen molar-refractivity contribution in [1.29, 1.82) is 0 Å². The van der Waals surface area contributed by atoms with E-state index in [1.54, 1.807) is 0 Å². The molecule has 1 amide bonds. The molecular weight excluding hydrogens is 474 g/mol. The van der Waals surface area contributed by atoms with Crippen LogP contribution in [0.4, 0.5) is 20.3 Å². The molecule has 3 aliphatic rings. The van der Waals surface area contributed by atoms with E-state index >= 15 is 0 Å². The highest BCUT2D eigenvalue weighted by atomic mass is 32.1. The summed E-state index contributed by atoms with van der Waals surface area (Å²) in [7, 11) is 0. The third-order valence-corrected chi connectivity index (χ3v) is 8.28. The van der Waals surface area contributed by atoms with Crippen molar-refractivity contribution in [1.82, 2.24) is 20.6 Å². The van der Waals surface area contributed by atoms with Crippen LogP contribution in [0.25, 0.3) is 10.2 Å². The molecule has 6 heterocycles. The molecule has 2 fully saturated rings. The predicted molar refractivity (Wildman–Crippen MR) is 130 cm³/mol. The molecule has 3 aromatic heterocycles. The first-order chi connectivity index (χ1) is 16.8. The smallest absolute Gasteiger partial charge is 0.263 e. The van der Waals surface area contributed by atoms with Gasteiger partial charge < -0.3 is 26.0 Å². The molecule has 0 radical (unpaired) electrons. The van der Waals surface area contributed by atoms with Crippen LogP contribution in [0.15, 0.2) is 24.3 Å². The zero-order valence-electron chi connectivity index (χ0n) is 19.2. The number of carbonyl (C=O) groups is 1. The topological polar surface area (TPSA) is 105 Å². The van der Waals surface area contributed by atoms with Crippen molar-refractivity contribution in [3.8, 4) is 5.88 Å². The van der Waals surface area contributed by atoms with E-state index in [-0.39, 0.29) is 31.6 Å². The van der Waals surface area contributed by atoms with E-state index in [9.17, 15) is 13.6 Å². The number of nitrogens with zero attached hydrogens (tertiary/aromatic N) is 3. The Morgan fingerprint density at radius 1 is 1.23 bits per heavy atom. The number of nitrogens with two attached hydrogens (primary N) is 1. The van der Waals surface area contributed by atoms with Gasteiger partial charge in [-0.1, -0.05) is 0 Å². The van der Waals surface area contributed by atoms with Gasteiger partial charge in [0.05, 0.1) is 23.6 Å². The molecule has 2 bridgehead atoms. The van der Waals surface area contributed by atoms with Crippen LogP contribution in [-0.4, -0.2) is 60.6 Å². The maximum Gasteiger partial charge on any atom is 0.263 e. The highest BCUT2D eigenvalue weighted by Crippen LogP contribution is 2.41. The Balaban J connectivity index is 1.15. The molecule has 0 aromatic carbocycles. The molecule has 4 N–H and O–H groups in total. The zero-order chi connectivity index (χ0) is 24.3. The maximum atomic E-state index is 14.5. The van der Waals surface area contributed by atoms with Gasteiger partial charge in [-0.15, -0.1) is 11.3 Å². The Hall–Kier alpha value is -3.05. The molecule has 8 nitrogen and oxygen atoms in total. The first kappa shape index (κ1) is 22.4. The number of thiophene rings is 1. The van der Waals surface area contributed by atoms with E-state index < -0.39 is 17.8 Å². The largest absolute Gasteiger partial charge is 0.475 e. The third-order valence-electron chi connectivity index (χ3n) is 7.16. The van der Waals surface area contributed by atoms with E-state index in [1.165, 1.54) is 11.3 Å². The Bertz CT molecular complexity index is 1300. The van der Waals surface area contributed by atoms with Crippen molar-refractivity contribution in [3.63, 3.8) is 0 Å². The van der Waals surface area contributed by atoms with Crippen LogP contribution in [0.3, 0.4) is 0 Å². The number of piperidine rings is 2. The lowest BCUT2D eigenvalue weighted by atomic mass is 9.81. The standard InChI is InChI=1S/C24H26F2N6O2S/c1-12-2-4-17-19(27)20(35-23(17)29-12)21(33)30-16-6-13-3-5-18(31-22(13)34-11-16)32-9-14-7-28-8-15(10-32)24(14,25)26/h2-5,14-16,28H,6-11,27H2,1H3,(H,30,33)/t14?,15?,16-/m1/s1. The lowest BCUT2D eigenvalue weighted by Gasteiger charge is -2.47. The van der Waals surface area contributed by atoms with Gasteiger partial charge in [-0.2, -0.15) is 4.98 Å². The molecular formula is C24H26F2N6O2S. The van der Waals surface area contributed by atoms with Crippen molar-refractivity contribution in [2.75, 3.05) is 43.4 Å². The summed E-state index contributed by atoms with van der Waals surface area (Å²) in [5.74, 6) is -3.21. The van der Waals surface area contributed by atoms with Crippen LogP contribution in [0.5, 0.6) is 5.88 Å². The number of aryl methyl sites for hydroxylation is 1. The number of pyridine rings is 2. The Morgan fingerprint density at radius 3 is 2.77 bits per heavy atom. The summed E-state index contributed by atoms with van der Waals surface area (Å²) in [5, 5.41) is 6.91. The fourth-order valence-corrected chi connectivity index (χ4v) is 6.27. The van der Waals surface area contributed by atoms with Gasteiger partial charge in [0.2, 0.25) is 5.88 Å². The van der Waals surface area contributed by atoms with E-state index in [0.29, 0.717) is 41.8 Å². The number of halogens is 2. The summed E-state index contributed by atoms with van der Waals surface area (Å²) >= 11 is 1.28. The van der Waals surface area contributed by atoms with E-state index in [4.69, 9.17) is 10.5 Å². The molecule has 0 spiro atoms. The van der Waals surface area contributed by atoms with Crippen molar-refractivity contribution in [2.24, 2.45) is 11.8 Å².